The van der Waals surface area contributed by atoms with E-state index in [1.807, 2.05) is 0 Å². The first-order valence-electron chi connectivity index (χ1n) is 6.64. The van der Waals surface area contributed by atoms with Crippen molar-refractivity contribution < 1.29 is 44.8 Å². The molecule has 112 valence electrons. The molecule has 0 aliphatic heterocycles. The van der Waals surface area contributed by atoms with Crippen molar-refractivity contribution >= 4 is 3.81 Å². The zero-order valence-electron chi connectivity index (χ0n) is 12.9. The third-order valence-electron chi connectivity index (χ3n) is 2.29. The summed E-state index contributed by atoms with van der Waals surface area (Å²) in [5.74, 6) is 0. The Morgan fingerprint density at radius 3 is 1.35 bits per heavy atom. The molecule has 0 saturated heterocycles. The Morgan fingerprint density at radius 1 is 0.950 bits per heavy atom. The minimum absolute atomic E-state index is 0. The van der Waals surface area contributed by atoms with Crippen LogP contribution in [-0.2, 0) is 20.0 Å². The maximum Gasteiger partial charge on any atom is -1.00 e. The van der Waals surface area contributed by atoms with Gasteiger partial charge in [0.05, 0.1) is 0 Å². The van der Waals surface area contributed by atoms with Crippen molar-refractivity contribution in [3.05, 3.63) is 47.6 Å². The van der Waals surface area contributed by atoms with Crippen LogP contribution in [0.4, 0.5) is 0 Å². The van der Waals surface area contributed by atoms with Gasteiger partial charge in [0, 0.05) is 0 Å². The predicted octanol–water partition coefficient (Wildman–Crippen LogP) is -1.07. The van der Waals surface area contributed by atoms with Crippen LogP contribution in [0, 0.1) is 12.2 Å². The third-order valence-corrected chi connectivity index (χ3v) is 2.29. The van der Waals surface area contributed by atoms with Crippen LogP contribution in [-0.4, -0.2) is 3.81 Å². The molecule has 0 unspecified atom stereocenters. The summed E-state index contributed by atoms with van der Waals surface area (Å²) in [6.07, 6.45) is 19.3. The summed E-state index contributed by atoms with van der Waals surface area (Å²) in [5, 5.41) is 0. The third kappa shape index (κ3) is 16.2. The Labute approximate surface area is 149 Å². The number of allylic oxidation sites excluding steroid dienone is 8. The first kappa shape index (κ1) is 25.1. The molecular weight excluding hydrogens is 323 g/mol. The quantitative estimate of drug-likeness (QED) is 0.441. The van der Waals surface area contributed by atoms with Gasteiger partial charge in [0.1, 0.15) is 0 Å². The first-order valence-corrected chi connectivity index (χ1v) is 7.42. The molecule has 0 bridgehead atoms. The summed E-state index contributed by atoms with van der Waals surface area (Å²) in [6, 6.07) is 0. The van der Waals surface area contributed by atoms with Gasteiger partial charge in [0.2, 0.25) is 0 Å². The van der Waals surface area contributed by atoms with Crippen LogP contribution in [0.3, 0.4) is 0 Å². The average molecular weight is 347 g/mol. The van der Waals surface area contributed by atoms with E-state index >= 15 is 0 Å². The van der Waals surface area contributed by atoms with Gasteiger partial charge in [-0.15, -0.1) is 12.8 Å². The van der Waals surface area contributed by atoms with E-state index in [1.54, 1.807) is 0 Å². The maximum atomic E-state index is 3.21. The van der Waals surface area contributed by atoms with E-state index in [4.69, 9.17) is 0 Å². The minimum Gasteiger partial charge on any atom is -1.00 e. The van der Waals surface area contributed by atoms with Gasteiger partial charge in [0.25, 0.3) is 0 Å². The molecule has 0 saturated carbocycles. The molecule has 0 aromatic rings. The van der Waals surface area contributed by atoms with Gasteiger partial charge < -0.3 is 24.8 Å². The van der Waals surface area contributed by atoms with Crippen molar-refractivity contribution in [1.82, 2.24) is 0 Å². The number of rotatable bonds is 2. The SMILES string of the molecule is CCC1=[C-]CC=C1.CCC1=[C-]CC=C1.C[C](C)=[Ti+2].[Cl-].[Cl-]. The van der Waals surface area contributed by atoms with Crippen LogP contribution in [0.25, 0.3) is 0 Å². The van der Waals surface area contributed by atoms with E-state index in [0.717, 1.165) is 25.7 Å². The van der Waals surface area contributed by atoms with Gasteiger partial charge in [-0.1, -0.05) is 26.7 Å². The van der Waals surface area contributed by atoms with Crippen LogP contribution >= 0.6 is 0 Å². The normalized spacial score (nSPS) is 13.7. The molecule has 0 heterocycles. The molecule has 0 aromatic heterocycles. The Bertz CT molecular complexity index is 329. The van der Waals surface area contributed by atoms with Crippen LogP contribution in [0.5, 0.6) is 0 Å². The van der Waals surface area contributed by atoms with E-state index in [0.29, 0.717) is 0 Å². The maximum absolute atomic E-state index is 3.21. The molecule has 0 aromatic carbocycles. The summed E-state index contributed by atoms with van der Waals surface area (Å²) in [7, 11) is 0. The Morgan fingerprint density at radius 2 is 1.25 bits per heavy atom. The van der Waals surface area contributed by atoms with Crippen molar-refractivity contribution in [2.75, 3.05) is 0 Å². The molecule has 20 heavy (non-hydrogen) atoms. The number of hydrogen-bond acceptors (Lipinski definition) is 0. The van der Waals surface area contributed by atoms with Gasteiger partial charge in [0.15, 0.2) is 0 Å². The fraction of sp³-hybridized carbons (Fsp3) is 0.471. The standard InChI is InChI=1S/2C7H9.C3H6.2ClH.Ti/c2*1-2-7-5-3-4-6-7;1-3-2;;;/h2*3,5H,2,4H2,1H3;1-2H3;2*1H;/q2*-1;;;;+2/p-2. The second-order valence-electron chi connectivity index (χ2n) is 4.32. The number of halogens is 2. The predicted molar refractivity (Wildman–Crippen MR) is 78.0 cm³/mol. The molecule has 0 spiro atoms. The van der Waals surface area contributed by atoms with E-state index in [2.05, 4.69) is 84.1 Å². The van der Waals surface area contributed by atoms with Gasteiger partial charge in [-0.2, -0.15) is 12.2 Å². The van der Waals surface area contributed by atoms with Crippen molar-refractivity contribution in [1.29, 1.82) is 0 Å². The van der Waals surface area contributed by atoms with Crippen molar-refractivity contribution in [3.8, 4) is 0 Å². The van der Waals surface area contributed by atoms with E-state index in [9.17, 15) is 0 Å². The molecule has 2 rings (SSSR count). The van der Waals surface area contributed by atoms with Crippen molar-refractivity contribution in [2.45, 2.75) is 53.4 Å². The molecule has 0 nitrogen and oxygen atoms in total. The number of hydrogen-bond donors (Lipinski definition) is 0. The van der Waals surface area contributed by atoms with Crippen LogP contribution in [0.1, 0.15) is 53.4 Å². The Hall–Kier alpha value is 0.124. The molecule has 0 atom stereocenters. The summed E-state index contributed by atoms with van der Waals surface area (Å²) in [5.41, 5.74) is 2.72. The van der Waals surface area contributed by atoms with Crippen LogP contribution < -0.4 is 24.8 Å². The second kappa shape index (κ2) is 17.2. The Balaban J connectivity index is -0.000000215. The van der Waals surface area contributed by atoms with E-state index in [-0.39, 0.29) is 24.8 Å². The molecule has 3 heteroatoms. The van der Waals surface area contributed by atoms with Gasteiger partial charge in [-0.25, -0.2) is 23.3 Å². The molecule has 0 N–H and O–H groups in total. The van der Waals surface area contributed by atoms with Gasteiger partial charge in [-0.05, 0) is 0 Å². The van der Waals surface area contributed by atoms with Crippen LogP contribution in [0.15, 0.2) is 35.5 Å². The van der Waals surface area contributed by atoms with E-state index < -0.39 is 0 Å². The summed E-state index contributed by atoms with van der Waals surface area (Å²) in [6.45, 7) is 8.47. The molecule has 2 aliphatic rings. The summed E-state index contributed by atoms with van der Waals surface area (Å²) < 4.78 is 1.42. The van der Waals surface area contributed by atoms with Gasteiger partial charge >= 0.3 is 37.6 Å². The largest absolute Gasteiger partial charge is 1.00 e. The fourth-order valence-electron chi connectivity index (χ4n) is 1.39. The zero-order chi connectivity index (χ0) is 13.8. The zero-order valence-corrected chi connectivity index (χ0v) is 16.0. The van der Waals surface area contributed by atoms with Gasteiger partial charge in [-0.3, -0.25) is 12.2 Å². The Kier molecular flexibility index (Phi) is 21.6. The first-order chi connectivity index (χ1) is 8.60. The smallest absolute Gasteiger partial charge is 1.00 e. The minimum atomic E-state index is 0. The molecule has 0 radical (unpaired) electrons. The summed E-state index contributed by atoms with van der Waals surface area (Å²) >= 11 is 2.08. The second-order valence-corrected chi connectivity index (χ2v) is 5.89. The van der Waals surface area contributed by atoms with Crippen molar-refractivity contribution in [2.24, 2.45) is 0 Å². The van der Waals surface area contributed by atoms with Crippen molar-refractivity contribution in [3.63, 3.8) is 0 Å². The average Bonchev–Trinajstić information content (AvgIpc) is 3.02. The van der Waals surface area contributed by atoms with E-state index in [1.165, 1.54) is 15.0 Å². The molecular formula is C17H24Cl2Ti-2. The molecule has 0 fully saturated rings. The fourth-order valence-corrected chi connectivity index (χ4v) is 1.39. The summed E-state index contributed by atoms with van der Waals surface area (Å²) in [4.78, 5) is 0. The molecule has 0 amide bonds. The topological polar surface area (TPSA) is 0 Å². The molecule has 2 aliphatic carbocycles. The monoisotopic (exact) mass is 346 g/mol. The van der Waals surface area contributed by atoms with Crippen LogP contribution in [0.2, 0.25) is 0 Å².